The molecule has 1 saturated heterocycles. The number of aryl methyl sites for hydroxylation is 1. The first-order chi connectivity index (χ1) is 14.5. The first kappa shape index (κ1) is 21.7. The number of hydrogen-bond acceptors (Lipinski definition) is 5. The Kier molecular flexibility index (Phi) is 7.33. The number of hydrogen-bond donors (Lipinski definition) is 0. The van der Waals surface area contributed by atoms with Crippen LogP contribution in [0.2, 0.25) is 0 Å². The van der Waals surface area contributed by atoms with E-state index in [0.717, 1.165) is 19.5 Å². The van der Waals surface area contributed by atoms with Gasteiger partial charge in [-0.1, -0.05) is 19.1 Å². The van der Waals surface area contributed by atoms with Crippen molar-refractivity contribution in [2.75, 3.05) is 44.3 Å². The lowest BCUT2D eigenvalue weighted by molar-refractivity contribution is -0.134. The van der Waals surface area contributed by atoms with Crippen LogP contribution in [0.15, 0.2) is 42.5 Å². The van der Waals surface area contributed by atoms with Crippen molar-refractivity contribution in [2.24, 2.45) is 0 Å². The van der Waals surface area contributed by atoms with E-state index < -0.39 is 5.97 Å². The van der Waals surface area contributed by atoms with Crippen molar-refractivity contribution in [2.45, 2.75) is 27.2 Å². The molecule has 160 valence electrons. The highest BCUT2D eigenvalue weighted by Gasteiger charge is 2.23. The van der Waals surface area contributed by atoms with Gasteiger partial charge in [-0.25, -0.2) is 4.79 Å². The number of nitrogens with zero attached hydrogens (tertiary/aromatic N) is 2. The lowest BCUT2D eigenvalue weighted by Gasteiger charge is -2.37. The summed E-state index contributed by atoms with van der Waals surface area (Å²) in [5.41, 5.74) is 4.17. The van der Waals surface area contributed by atoms with Gasteiger partial charge in [-0.15, -0.1) is 0 Å². The lowest BCUT2D eigenvalue weighted by Crippen LogP contribution is -2.50. The summed E-state index contributed by atoms with van der Waals surface area (Å²) in [5.74, 6) is 0.0532. The Hall–Kier alpha value is -3.02. The molecule has 2 aromatic rings. The molecule has 1 fully saturated rings. The molecular formula is C24H30N2O4. The molecule has 1 aliphatic heterocycles. The van der Waals surface area contributed by atoms with Crippen LogP contribution in [0.3, 0.4) is 0 Å². The normalized spacial score (nSPS) is 13.8. The van der Waals surface area contributed by atoms with Crippen molar-refractivity contribution >= 4 is 17.6 Å². The Bertz CT molecular complexity index is 871. The average Bonchev–Trinajstić information content (AvgIpc) is 2.78. The topological polar surface area (TPSA) is 59.1 Å². The summed E-state index contributed by atoms with van der Waals surface area (Å²) in [6.07, 6.45) is 0.921. The summed E-state index contributed by atoms with van der Waals surface area (Å²) in [6, 6.07) is 13.1. The highest BCUT2D eigenvalue weighted by atomic mass is 16.5. The molecule has 0 unspecified atom stereocenters. The Balaban J connectivity index is 1.46. The molecule has 0 atom stereocenters. The zero-order valence-electron chi connectivity index (χ0n) is 18.0. The summed E-state index contributed by atoms with van der Waals surface area (Å²) in [7, 11) is 0. The summed E-state index contributed by atoms with van der Waals surface area (Å²) in [4.78, 5) is 28.8. The fourth-order valence-corrected chi connectivity index (χ4v) is 3.48. The van der Waals surface area contributed by atoms with E-state index in [1.807, 2.05) is 6.92 Å². The Morgan fingerprint density at radius 3 is 2.33 bits per heavy atom. The number of ether oxygens (including phenoxy) is 2. The number of esters is 1. The number of anilines is 1. The Morgan fingerprint density at radius 1 is 0.967 bits per heavy atom. The van der Waals surface area contributed by atoms with E-state index in [1.165, 1.54) is 16.8 Å². The van der Waals surface area contributed by atoms with E-state index in [0.29, 0.717) is 31.0 Å². The van der Waals surface area contributed by atoms with E-state index in [2.05, 4.69) is 36.9 Å². The number of carbonyl (C=O) groups is 2. The fourth-order valence-electron chi connectivity index (χ4n) is 3.48. The maximum atomic E-state index is 12.5. The summed E-state index contributed by atoms with van der Waals surface area (Å²) in [6.45, 7) is 9.44. The van der Waals surface area contributed by atoms with Gasteiger partial charge in [-0.3, -0.25) is 4.79 Å². The van der Waals surface area contributed by atoms with Gasteiger partial charge in [0.25, 0.3) is 5.91 Å². The molecule has 0 N–H and O–H groups in total. The van der Waals surface area contributed by atoms with Gasteiger partial charge < -0.3 is 19.3 Å². The van der Waals surface area contributed by atoms with Crippen molar-refractivity contribution in [1.82, 2.24) is 4.90 Å². The zero-order chi connectivity index (χ0) is 21.5. The van der Waals surface area contributed by atoms with Gasteiger partial charge in [-0.05, 0) is 61.7 Å². The number of carbonyl (C=O) groups excluding carboxylic acids is 2. The average molecular weight is 411 g/mol. The Morgan fingerprint density at radius 2 is 1.67 bits per heavy atom. The van der Waals surface area contributed by atoms with Crippen LogP contribution in [0.1, 0.15) is 34.8 Å². The van der Waals surface area contributed by atoms with Crippen molar-refractivity contribution in [3.63, 3.8) is 0 Å². The van der Waals surface area contributed by atoms with Crippen LogP contribution in [-0.4, -0.2) is 56.2 Å². The molecule has 6 nitrogen and oxygen atoms in total. The number of piperazine rings is 1. The third-order valence-electron chi connectivity index (χ3n) is 5.44. The van der Waals surface area contributed by atoms with Crippen LogP contribution in [0.5, 0.6) is 5.75 Å². The second kappa shape index (κ2) is 10.1. The molecule has 3 rings (SSSR count). The Labute approximate surface area is 178 Å². The highest BCUT2D eigenvalue weighted by Crippen LogP contribution is 2.24. The van der Waals surface area contributed by atoms with E-state index in [9.17, 15) is 9.59 Å². The molecule has 0 spiro atoms. The standard InChI is InChI=1S/C24H30N2O4/c1-4-16-29-21-10-8-20(9-11-21)24(28)30-17-23(27)26-14-12-25(13-15-26)22-7-5-6-18(2)19(22)3/h5-11H,4,12-17H2,1-3H3. The molecule has 1 heterocycles. The van der Waals surface area contributed by atoms with E-state index in [4.69, 9.17) is 9.47 Å². The SMILES string of the molecule is CCCOc1ccc(C(=O)OCC(=O)N2CCN(c3cccc(C)c3C)CC2)cc1. The van der Waals surface area contributed by atoms with Crippen molar-refractivity contribution < 1.29 is 19.1 Å². The van der Waals surface area contributed by atoms with Gasteiger partial charge >= 0.3 is 5.97 Å². The molecule has 1 amide bonds. The van der Waals surface area contributed by atoms with E-state index in [1.54, 1.807) is 29.2 Å². The van der Waals surface area contributed by atoms with Crippen LogP contribution >= 0.6 is 0 Å². The largest absolute Gasteiger partial charge is 0.494 e. The number of rotatable bonds is 7. The first-order valence-electron chi connectivity index (χ1n) is 10.5. The smallest absolute Gasteiger partial charge is 0.338 e. The molecule has 0 bridgehead atoms. The monoisotopic (exact) mass is 410 g/mol. The van der Waals surface area contributed by atoms with Crippen LogP contribution in [0.25, 0.3) is 0 Å². The third kappa shape index (κ3) is 5.32. The minimum absolute atomic E-state index is 0.160. The van der Waals surface area contributed by atoms with Crippen LogP contribution in [0, 0.1) is 13.8 Å². The van der Waals surface area contributed by atoms with Crippen molar-refractivity contribution in [1.29, 1.82) is 0 Å². The van der Waals surface area contributed by atoms with Gasteiger partial charge in [0.05, 0.1) is 12.2 Å². The molecule has 0 aliphatic carbocycles. The zero-order valence-corrected chi connectivity index (χ0v) is 18.0. The molecule has 6 heteroatoms. The van der Waals surface area contributed by atoms with Gasteiger partial charge in [0.1, 0.15) is 5.75 Å². The minimum Gasteiger partial charge on any atom is -0.494 e. The molecule has 0 aromatic heterocycles. The van der Waals surface area contributed by atoms with Gasteiger partial charge in [-0.2, -0.15) is 0 Å². The fraction of sp³-hybridized carbons (Fsp3) is 0.417. The van der Waals surface area contributed by atoms with Crippen LogP contribution in [0.4, 0.5) is 5.69 Å². The molecule has 2 aromatic carbocycles. The molecule has 0 radical (unpaired) electrons. The number of benzene rings is 2. The highest BCUT2D eigenvalue weighted by molar-refractivity contribution is 5.91. The third-order valence-corrected chi connectivity index (χ3v) is 5.44. The van der Waals surface area contributed by atoms with Crippen molar-refractivity contribution in [3.05, 3.63) is 59.2 Å². The van der Waals surface area contributed by atoms with Crippen molar-refractivity contribution in [3.8, 4) is 5.75 Å². The summed E-state index contributed by atoms with van der Waals surface area (Å²) < 4.78 is 10.7. The van der Waals surface area contributed by atoms with E-state index >= 15 is 0 Å². The predicted molar refractivity (Wildman–Crippen MR) is 117 cm³/mol. The molecule has 0 saturated carbocycles. The number of amides is 1. The second-order valence-electron chi connectivity index (χ2n) is 7.54. The molecule has 1 aliphatic rings. The first-order valence-corrected chi connectivity index (χ1v) is 10.5. The lowest BCUT2D eigenvalue weighted by atomic mass is 10.1. The van der Waals surface area contributed by atoms with Gasteiger partial charge in [0, 0.05) is 31.9 Å². The summed E-state index contributed by atoms with van der Waals surface area (Å²) in [5, 5.41) is 0. The van der Waals surface area contributed by atoms with Crippen LogP contribution < -0.4 is 9.64 Å². The maximum absolute atomic E-state index is 12.5. The summed E-state index contributed by atoms with van der Waals surface area (Å²) >= 11 is 0. The quantitative estimate of drug-likeness (QED) is 0.653. The minimum atomic E-state index is -0.501. The van der Waals surface area contributed by atoms with E-state index in [-0.39, 0.29) is 12.5 Å². The second-order valence-corrected chi connectivity index (χ2v) is 7.54. The molecular weight excluding hydrogens is 380 g/mol. The predicted octanol–water partition coefficient (Wildman–Crippen LogP) is 3.60. The van der Waals surface area contributed by atoms with Crippen LogP contribution in [-0.2, 0) is 9.53 Å². The van der Waals surface area contributed by atoms with Gasteiger partial charge in [0.2, 0.25) is 0 Å². The maximum Gasteiger partial charge on any atom is 0.338 e. The van der Waals surface area contributed by atoms with Gasteiger partial charge in [0.15, 0.2) is 6.61 Å². The molecule has 30 heavy (non-hydrogen) atoms.